The van der Waals surface area contributed by atoms with Crippen molar-refractivity contribution >= 4 is 50.5 Å². The van der Waals surface area contributed by atoms with Gasteiger partial charge in [-0.25, -0.2) is 9.59 Å². The molecule has 0 aromatic carbocycles. The molecule has 0 heterocycles. The Morgan fingerprint density at radius 2 is 1.65 bits per heavy atom. The van der Waals surface area contributed by atoms with Crippen molar-refractivity contribution in [2.75, 3.05) is 30.9 Å². The maximum absolute atomic E-state index is 11.4. The number of alkyl carbamates (subject to hydrolysis) is 2. The molecule has 0 saturated carbocycles. The van der Waals surface area contributed by atoms with Crippen LogP contribution in [-0.2, 0) is 14.2 Å². The van der Waals surface area contributed by atoms with Crippen molar-refractivity contribution in [2.45, 2.75) is 18.7 Å². The monoisotopic (exact) mass is 394 g/mol. The molecule has 0 bridgehead atoms. The first kappa shape index (κ1) is 19.4. The highest BCUT2D eigenvalue weighted by molar-refractivity contribution is 14.1. The van der Waals surface area contributed by atoms with E-state index in [-0.39, 0.29) is 13.2 Å². The molecule has 7 nitrogen and oxygen atoms in total. The molecule has 0 aliphatic heterocycles. The second-order valence-electron chi connectivity index (χ2n) is 3.54. The lowest BCUT2D eigenvalue weighted by atomic mass is 10.1. The number of hydrogen-bond acceptors (Lipinski definition) is 5. The lowest BCUT2D eigenvalue weighted by molar-refractivity contribution is 0.000306. The number of carbonyl (C=O) groups excluding carboxylic acids is 2. The van der Waals surface area contributed by atoms with E-state index in [0.29, 0.717) is 30.3 Å². The third kappa shape index (κ3) is 11.2. The van der Waals surface area contributed by atoms with Crippen molar-refractivity contribution in [2.24, 2.45) is 0 Å². The Hall–Kier alpha value is -0.640. The van der Waals surface area contributed by atoms with Gasteiger partial charge in [0.1, 0.15) is 6.61 Å². The number of amides is 2. The van der Waals surface area contributed by atoms with E-state index in [4.69, 9.17) is 29.9 Å². The van der Waals surface area contributed by atoms with E-state index in [1.165, 1.54) is 0 Å². The average molecular weight is 394 g/mol. The SMILES string of the molecule is [B]CCNC(=O)OCC(COCI)OC(=O)NCC[B]. The second-order valence-corrected chi connectivity index (χ2v) is 4.16. The standard InChI is InChI=1S/C10H17B2IN2O5/c11-1-3-14-9(16)19-6-8(5-18-7-13)20-10(17)15-4-2-12/h8H,1-7H2,(H,14,16)(H,15,17). The van der Waals surface area contributed by atoms with E-state index in [2.05, 4.69) is 10.6 Å². The van der Waals surface area contributed by atoms with E-state index in [0.717, 1.165) is 0 Å². The summed E-state index contributed by atoms with van der Waals surface area (Å²) in [4.78, 5) is 22.6. The Bertz CT molecular complexity index is 286. The van der Waals surface area contributed by atoms with Gasteiger partial charge in [0.25, 0.3) is 0 Å². The van der Waals surface area contributed by atoms with Crippen LogP contribution in [0.1, 0.15) is 0 Å². The van der Waals surface area contributed by atoms with Crippen LogP contribution in [0.25, 0.3) is 0 Å². The highest BCUT2D eigenvalue weighted by Gasteiger charge is 2.16. The van der Waals surface area contributed by atoms with Crippen LogP contribution in [0, 0.1) is 0 Å². The molecule has 0 spiro atoms. The third-order valence-electron chi connectivity index (χ3n) is 1.88. The van der Waals surface area contributed by atoms with Gasteiger partial charge in [-0.1, -0.05) is 35.2 Å². The molecule has 0 aliphatic carbocycles. The highest BCUT2D eigenvalue weighted by atomic mass is 127. The van der Waals surface area contributed by atoms with Gasteiger partial charge >= 0.3 is 12.2 Å². The van der Waals surface area contributed by atoms with Gasteiger partial charge < -0.3 is 24.8 Å². The number of alkyl halides is 1. The molecule has 4 radical (unpaired) electrons. The van der Waals surface area contributed by atoms with E-state index in [1.54, 1.807) is 0 Å². The first-order valence-corrected chi connectivity index (χ1v) is 7.55. The fourth-order valence-corrected chi connectivity index (χ4v) is 1.31. The molecule has 2 N–H and O–H groups in total. The van der Waals surface area contributed by atoms with E-state index in [1.807, 2.05) is 22.6 Å². The van der Waals surface area contributed by atoms with Gasteiger partial charge in [0.2, 0.25) is 0 Å². The molecule has 0 aromatic heterocycles. The van der Waals surface area contributed by atoms with Crippen molar-refractivity contribution < 1.29 is 23.8 Å². The second kappa shape index (κ2) is 13.3. The zero-order valence-electron chi connectivity index (χ0n) is 11.1. The van der Waals surface area contributed by atoms with Crippen LogP contribution in [-0.4, -0.2) is 64.9 Å². The van der Waals surface area contributed by atoms with Crippen molar-refractivity contribution in [1.82, 2.24) is 10.6 Å². The number of carbonyl (C=O) groups is 2. The summed E-state index contributed by atoms with van der Waals surface area (Å²) in [7, 11) is 10.5. The molecule has 110 valence electrons. The molecule has 0 rings (SSSR count). The molecule has 0 saturated heterocycles. The summed E-state index contributed by atoms with van der Waals surface area (Å²) in [6, 6.07) is 0. The van der Waals surface area contributed by atoms with Crippen molar-refractivity contribution in [3.8, 4) is 0 Å². The maximum atomic E-state index is 11.4. The minimum absolute atomic E-state index is 0.108. The molecular formula is C10H17B2IN2O5. The lowest BCUT2D eigenvalue weighted by Crippen LogP contribution is -2.36. The van der Waals surface area contributed by atoms with Gasteiger partial charge in [0.15, 0.2) is 6.10 Å². The first-order valence-electron chi connectivity index (χ1n) is 6.03. The Morgan fingerprint density at radius 3 is 2.20 bits per heavy atom. The number of nitrogens with one attached hydrogen (secondary N) is 2. The van der Waals surface area contributed by atoms with Crippen molar-refractivity contribution in [1.29, 1.82) is 0 Å². The molecule has 1 atom stereocenters. The summed E-state index contributed by atoms with van der Waals surface area (Å²) >= 11 is 2.01. The number of hydrogen-bond donors (Lipinski definition) is 2. The summed E-state index contributed by atoms with van der Waals surface area (Å²) in [6.07, 6.45) is -1.33. The van der Waals surface area contributed by atoms with Crippen LogP contribution < -0.4 is 10.6 Å². The zero-order chi connectivity index (χ0) is 15.2. The number of ether oxygens (including phenoxy) is 3. The molecule has 0 aliphatic rings. The van der Waals surface area contributed by atoms with E-state index < -0.39 is 18.3 Å². The van der Waals surface area contributed by atoms with Crippen molar-refractivity contribution in [3.63, 3.8) is 0 Å². The molecule has 20 heavy (non-hydrogen) atoms. The molecule has 0 fully saturated rings. The largest absolute Gasteiger partial charge is 0.446 e. The quantitative estimate of drug-likeness (QED) is 0.318. The minimum Gasteiger partial charge on any atom is -0.446 e. The Kier molecular flexibility index (Phi) is 12.9. The van der Waals surface area contributed by atoms with Crippen LogP contribution in [0.2, 0.25) is 12.6 Å². The molecule has 0 aromatic rings. The Morgan fingerprint density at radius 1 is 1.05 bits per heavy atom. The predicted molar refractivity (Wildman–Crippen MR) is 83.6 cm³/mol. The molecule has 10 heteroatoms. The Labute approximate surface area is 134 Å². The smallest absolute Gasteiger partial charge is 0.407 e. The predicted octanol–water partition coefficient (Wildman–Crippen LogP) is 0.390. The van der Waals surface area contributed by atoms with E-state index in [9.17, 15) is 9.59 Å². The minimum atomic E-state index is -0.689. The Balaban J connectivity index is 4.06. The van der Waals surface area contributed by atoms with Crippen LogP contribution >= 0.6 is 22.6 Å². The van der Waals surface area contributed by atoms with Gasteiger partial charge in [0.05, 0.1) is 26.9 Å². The topological polar surface area (TPSA) is 85.9 Å². The fourth-order valence-electron chi connectivity index (χ4n) is 1.05. The summed E-state index contributed by atoms with van der Waals surface area (Å²) < 4.78 is 15.5. The number of rotatable bonds is 10. The van der Waals surface area contributed by atoms with Gasteiger partial charge in [0, 0.05) is 13.1 Å². The maximum Gasteiger partial charge on any atom is 0.407 e. The highest BCUT2D eigenvalue weighted by Crippen LogP contribution is 1.98. The van der Waals surface area contributed by atoms with E-state index >= 15 is 0 Å². The summed E-state index contributed by atoms with van der Waals surface area (Å²) in [6.45, 7) is 0.633. The summed E-state index contributed by atoms with van der Waals surface area (Å²) in [5.41, 5.74) is 0. The van der Waals surface area contributed by atoms with Gasteiger partial charge in [-0.2, -0.15) is 0 Å². The van der Waals surface area contributed by atoms with Gasteiger partial charge in [-0.05, 0) is 0 Å². The van der Waals surface area contributed by atoms with Crippen LogP contribution in [0.3, 0.4) is 0 Å². The molecule has 1 unspecified atom stereocenters. The molecule has 2 amide bonds. The van der Waals surface area contributed by atoms with Gasteiger partial charge in [-0.3, -0.25) is 0 Å². The van der Waals surface area contributed by atoms with Crippen molar-refractivity contribution in [3.05, 3.63) is 0 Å². The first-order chi connectivity index (χ1) is 9.63. The normalized spacial score (nSPS) is 11.4. The average Bonchev–Trinajstić information content (AvgIpc) is 2.45. The number of halogens is 1. The van der Waals surface area contributed by atoms with Gasteiger partial charge in [-0.15, -0.1) is 0 Å². The molecular weight excluding hydrogens is 377 g/mol. The van der Waals surface area contributed by atoms with Crippen LogP contribution in [0.5, 0.6) is 0 Å². The lowest BCUT2D eigenvalue weighted by Gasteiger charge is -2.18. The summed E-state index contributed by atoms with van der Waals surface area (Å²) in [5.74, 6) is 0. The summed E-state index contributed by atoms with van der Waals surface area (Å²) in [5, 5.41) is 4.88. The third-order valence-corrected chi connectivity index (χ3v) is 2.32. The zero-order valence-corrected chi connectivity index (χ0v) is 13.3. The van der Waals surface area contributed by atoms with Crippen LogP contribution in [0.4, 0.5) is 9.59 Å². The fraction of sp³-hybridized carbons (Fsp3) is 0.800. The van der Waals surface area contributed by atoms with Crippen LogP contribution in [0.15, 0.2) is 0 Å².